The summed E-state index contributed by atoms with van der Waals surface area (Å²) in [7, 11) is 0. The number of hydrogen-bond acceptors (Lipinski definition) is 3. The highest BCUT2D eigenvalue weighted by atomic mass is 79.9. The van der Waals surface area contributed by atoms with Crippen molar-refractivity contribution < 1.29 is 9.53 Å². The highest BCUT2D eigenvalue weighted by molar-refractivity contribution is 9.10. The molecule has 1 aromatic heterocycles. The summed E-state index contributed by atoms with van der Waals surface area (Å²) in [6.07, 6.45) is 8.17. The normalized spacial score (nSPS) is 16.3. The number of halogens is 1. The third-order valence-electron chi connectivity index (χ3n) is 3.25. The van der Waals surface area contributed by atoms with Gasteiger partial charge in [-0.05, 0) is 40.9 Å². The van der Waals surface area contributed by atoms with Gasteiger partial charge in [0.15, 0.2) is 0 Å². The topological polar surface area (TPSA) is 51.2 Å². The molecule has 1 aliphatic carbocycles. The van der Waals surface area contributed by atoms with Crippen molar-refractivity contribution in [2.24, 2.45) is 0 Å². The van der Waals surface area contributed by atoms with Gasteiger partial charge in [-0.3, -0.25) is 4.79 Å². The molecule has 1 fully saturated rings. The third kappa shape index (κ3) is 4.91. The second kappa shape index (κ2) is 7.60. The Labute approximate surface area is 122 Å². The quantitative estimate of drug-likeness (QED) is 0.846. The molecule has 5 heteroatoms. The Hall–Kier alpha value is -0.940. The maximum atomic E-state index is 11.8. The Bertz CT molecular complexity index is 402. The van der Waals surface area contributed by atoms with Crippen LogP contribution in [0.1, 0.15) is 42.6 Å². The van der Waals surface area contributed by atoms with Crippen molar-refractivity contribution in [3.63, 3.8) is 0 Å². The molecule has 1 aliphatic rings. The number of amides is 1. The fraction of sp³-hybridized carbons (Fsp3) is 0.571. The van der Waals surface area contributed by atoms with Crippen LogP contribution in [0, 0.1) is 0 Å². The van der Waals surface area contributed by atoms with Gasteiger partial charge in [0.1, 0.15) is 5.69 Å². The van der Waals surface area contributed by atoms with E-state index in [1.807, 2.05) is 0 Å². The number of carbonyl (C=O) groups excluding carboxylic acids is 1. The molecule has 4 nitrogen and oxygen atoms in total. The summed E-state index contributed by atoms with van der Waals surface area (Å²) in [6.45, 7) is 1.11. The van der Waals surface area contributed by atoms with E-state index >= 15 is 0 Å². The van der Waals surface area contributed by atoms with Crippen LogP contribution >= 0.6 is 15.9 Å². The molecule has 0 spiro atoms. The Morgan fingerprint density at radius 1 is 1.37 bits per heavy atom. The minimum atomic E-state index is -0.153. The van der Waals surface area contributed by atoms with Crippen LogP contribution < -0.4 is 5.32 Å². The summed E-state index contributed by atoms with van der Waals surface area (Å²) in [5, 5.41) is 2.82. The Kier molecular flexibility index (Phi) is 5.79. The number of ether oxygens (including phenoxy) is 1. The minimum Gasteiger partial charge on any atom is -0.376 e. The molecular formula is C14H19BrN2O2. The highest BCUT2D eigenvalue weighted by Crippen LogP contribution is 2.19. The summed E-state index contributed by atoms with van der Waals surface area (Å²) in [4.78, 5) is 15.8. The molecular weight excluding hydrogens is 308 g/mol. The summed E-state index contributed by atoms with van der Waals surface area (Å²) in [5.41, 5.74) is 0.431. The van der Waals surface area contributed by atoms with Crippen LogP contribution in [0.4, 0.5) is 0 Å². The van der Waals surface area contributed by atoms with Crippen LogP contribution in [0.3, 0.4) is 0 Å². The lowest BCUT2D eigenvalue weighted by Crippen LogP contribution is -2.29. The van der Waals surface area contributed by atoms with Gasteiger partial charge in [-0.1, -0.05) is 19.3 Å². The molecule has 0 atom stereocenters. The van der Waals surface area contributed by atoms with Crippen LogP contribution in [-0.4, -0.2) is 30.1 Å². The van der Waals surface area contributed by atoms with Crippen LogP contribution in [0.25, 0.3) is 0 Å². The summed E-state index contributed by atoms with van der Waals surface area (Å²) in [6, 6.07) is 3.50. The molecule has 1 amide bonds. The number of nitrogens with zero attached hydrogens (tertiary/aromatic N) is 1. The molecule has 0 saturated heterocycles. The van der Waals surface area contributed by atoms with E-state index in [4.69, 9.17) is 4.74 Å². The third-order valence-corrected chi connectivity index (χ3v) is 3.72. The SMILES string of the molecule is O=C(NCCOC1CCCCC1)c1ccc(Br)cn1. The zero-order valence-corrected chi connectivity index (χ0v) is 12.5. The molecule has 0 bridgehead atoms. The largest absolute Gasteiger partial charge is 0.376 e. The first kappa shape index (κ1) is 14.5. The maximum Gasteiger partial charge on any atom is 0.269 e. The number of nitrogens with one attached hydrogen (secondary N) is 1. The number of pyridine rings is 1. The van der Waals surface area contributed by atoms with E-state index in [-0.39, 0.29) is 5.91 Å². The molecule has 0 aliphatic heterocycles. The van der Waals surface area contributed by atoms with E-state index in [0.29, 0.717) is 24.9 Å². The second-order valence-electron chi connectivity index (χ2n) is 4.75. The average molecular weight is 327 g/mol. The molecule has 0 unspecified atom stereocenters. The summed E-state index contributed by atoms with van der Waals surface area (Å²) >= 11 is 3.29. The Morgan fingerprint density at radius 2 is 2.16 bits per heavy atom. The molecule has 1 aromatic rings. The molecule has 19 heavy (non-hydrogen) atoms. The van der Waals surface area contributed by atoms with E-state index in [2.05, 4.69) is 26.2 Å². The van der Waals surface area contributed by atoms with Crippen molar-refractivity contribution in [2.45, 2.75) is 38.2 Å². The van der Waals surface area contributed by atoms with Gasteiger partial charge < -0.3 is 10.1 Å². The van der Waals surface area contributed by atoms with Crippen molar-refractivity contribution in [3.8, 4) is 0 Å². The monoisotopic (exact) mass is 326 g/mol. The van der Waals surface area contributed by atoms with E-state index in [1.165, 1.54) is 19.3 Å². The van der Waals surface area contributed by atoms with Crippen molar-refractivity contribution in [1.82, 2.24) is 10.3 Å². The van der Waals surface area contributed by atoms with Crippen molar-refractivity contribution >= 4 is 21.8 Å². The molecule has 0 aromatic carbocycles. The lowest BCUT2D eigenvalue weighted by Gasteiger charge is -2.21. The first-order valence-corrected chi connectivity index (χ1v) is 7.56. The van der Waals surface area contributed by atoms with Gasteiger partial charge in [-0.25, -0.2) is 4.98 Å². The van der Waals surface area contributed by atoms with Gasteiger partial charge in [-0.15, -0.1) is 0 Å². The lowest BCUT2D eigenvalue weighted by molar-refractivity contribution is 0.0299. The van der Waals surface area contributed by atoms with E-state index in [1.54, 1.807) is 18.3 Å². The van der Waals surface area contributed by atoms with Crippen molar-refractivity contribution in [3.05, 3.63) is 28.5 Å². The Morgan fingerprint density at radius 3 is 2.84 bits per heavy atom. The van der Waals surface area contributed by atoms with Gasteiger partial charge in [0.05, 0.1) is 12.7 Å². The fourth-order valence-electron chi connectivity index (χ4n) is 2.22. The molecule has 0 radical (unpaired) electrons. The van der Waals surface area contributed by atoms with Gasteiger partial charge in [0.2, 0.25) is 0 Å². The average Bonchev–Trinajstić information content (AvgIpc) is 2.45. The van der Waals surface area contributed by atoms with E-state index in [9.17, 15) is 4.79 Å². The highest BCUT2D eigenvalue weighted by Gasteiger charge is 2.13. The second-order valence-corrected chi connectivity index (χ2v) is 5.66. The minimum absolute atomic E-state index is 0.153. The Balaban J connectivity index is 1.64. The maximum absolute atomic E-state index is 11.8. The zero-order chi connectivity index (χ0) is 13.5. The first-order chi connectivity index (χ1) is 9.25. The van der Waals surface area contributed by atoms with Gasteiger partial charge >= 0.3 is 0 Å². The molecule has 1 N–H and O–H groups in total. The van der Waals surface area contributed by atoms with Gasteiger partial charge in [0, 0.05) is 17.2 Å². The van der Waals surface area contributed by atoms with Crippen LogP contribution in [0.15, 0.2) is 22.8 Å². The molecule has 1 heterocycles. The van der Waals surface area contributed by atoms with Crippen LogP contribution in [-0.2, 0) is 4.74 Å². The van der Waals surface area contributed by atoms with Gasteiger partial charge in [0.25, 0.3) is 5.91 Å². The molecule has 2 rings (SSSR count). The number of aromatic nitrogens is 1. The van der Waals surface area contributed by atoms with Crippen molar-refractivity contribution in [1.29, 1.82) is 0 Å². The number of hydrogen-bond donors (Lipinski definition) is 1. The first-order valence-electron chi connectivity index (χ1n) is 6.77. The van der Waals surface area contributed by atoms with Crippen molar-refractivity contribution in [2.75, 3.05) is 13.2 Å². The van der Waals surface area contributed by atoms with Crippen LogP contribution in [0.5, 0.6) is 0 Å². The number of carbonyl (C=O) groups is 1. The standard InChI is InChI=1S/C14H19BrN2O2/c15-11-6-7-13(17-10-11)14(18)16-8-9-19-12-4-2-1-3-5-12/h6-7,10,12H,1-5,8-9H2,(H,16,18). The van der Waals surface area contributed by atoms with E-state index < -0.39 is 0 Å². The van der Waals surface area contributed by atoms with Gasteiger partial charge in [-0.2, -0.15) is 0 Å². The number of rotatable bonds is 5. The smallest absolute Gasteiger partial charge is 0.269 e. The van der Waals surface area contributed by atoms with E-state index in [0.717, 1.165) is 17.3 Å². The molecule has 1 saturated carbocycles. The lowest BCUT2D eigenvalue weighted by atomic mass is 9.98. The predicted octanol–water partition coefficient (Wildman–Crippen LogP) is 2.92. The zero-order valence-electron chi connectivity index (χ0n) is 10.9. The predicted molar refractivity (Wildman–Crippen MR) is 77.1 cm³/mol. The summed E-state index contributed by atoms with van der Waals surface area (Å²) in [5.74, 6) is -0.153. The summed E-state index contributed by atoms with van der Waals surface area (Å²) < 4.78 is 6.61. The molecule has 104 valence electrons. The fourth-order valence-corrected chi connectivity index (χ4v) is 2.46. The van der Waals surface area contributed by atoms with Crippen LogP contribution in [0.2, 0.25) is 0 Å².